The topological polar surface area (TPSA) is 64.3 Å². The Bertz CT molecular complexity index is 681. The summed E-state index contributed by atoms with van der Waals surface area (Å²) in [5.74, 6) is -0.313. The molecule has 0 radical (unpaired) electrons. The summed E-state index contributed by atoms with van der Waals surface area (Å²) in [5, 5.41) is 2.49. The highest BCUT2D eigenvalue weighted by Crippen LogP contribution is 2.24. The van der Waals surface area contributed by atoms with Crippen molar-refractivity contribution in [1.29, 1.82) is 0 Å². The van der Waals surface area contributed by atoms with E-state index in [1.165, 1.54) is 18.2 Å². The van der Waals surface area contributed by atoms with Gasteiger partial charge in [0.1, 0.15) is 11.6 Å². The summed E-state index contributed by atoms with van der Waals surface area (Å²) in [6.45, 7) is 5.43. The molecule has 0 aliphatic heterocycles. The summed E-state index contributed by atoms with van der Waals surface area (Å²) in [7, 11) is 0. The number of anilines is 2. The van der Waals surface area contributed by atoms with Crippen LogP contribution >= 0.6 is 0 Å². The molecule has 3 N–H and O–H groups in total. The highest BCUT2D eigenvalue weighted by molar-refractivity contribution is 5.94. The summed E-state index contributed by atoms with van der Waals surface area (Å²) >= 11 is 0. The van der Waals surface area contributed by atoms with Crippen molar-refractivity contribution in [2.24, 2.45) is 0 Å². The number of para-hydroxylation sites is 1. The molecule has 0 heterocycles. The average molecular weight is 302 g/mol. The summed E-state index contributed by atoms with van der Waals surface area (Å²) in [4.78, 5) is 12.2. The molecule has 1 amide bonds. The van der Waals surface area contributed by atoms with Crippen LogP contribution in [0.15, 0.2) is 36.4 Å². The lowest BCUT2D eigenvalue weighted by atomic mass is 10.1. The van der Waals surface area contributed by atoms with Crippen LogP contribution < -0.4 is 15.8 Å². The van der Waals surface area contributed by atoms with Crippen molar-refractivity contribution in [2.45, 2.75) is 26.9 Å². The maximum atomic E-state index is 13.6. The van der Waals surface area contributed by atoms with Crippen LogP contribution in [0.3, 0.4) is 0 Å². The normalized spacial score (nSPS) is 11.8. The Morgan fingerprint density at radius 3 is 2.50 bits per heavy atom. The van der Waals surface area contributed by atoms with Crippen LogP contribution in [0.1, 0.15) is 18.1 Å². The van der Waals surface area contributed by atoms with Gasteiger partial charge in [0.2, 0.25) is 0 Å². The zero-order chi connectivity index (χ0) is 16.3. The number of amides is 1. The number of carbonyl (C=O) groups excluding carboxylic acids is 1. The molecule has 0 saturated carbocycles. The Morgan fingerprint density at radius 2 is 1.86 bits per heavy atom. The third kappa shape index (κ3) is 3.55. The second kappa shape index (κ2) is 6.47. The lowest BCUT2D eigenvalue weighted by molar-refractivity contribution is -0.122. The molecular formula is C17H19FN2O2. The predicted octanol–water partition coefficient (Wildman–Crippen LogP) is 3.43. The van der Waals surface area contributed by atoms with E-state index in [4.69, 9.17) is 10.5 Å². The standard InChI is InChI=1S/C17H19FN2O2/c1-10-5-4-6-11(2)16(10)22-12(3)17(21)20-15-9-13(19)7-8-14(15)18/h4-9,12H,19H2,1-3H3,(H,20,21)/t12-/m1/s1. The highest BCUT2D eigenvalue weighted by Gasteiger charge is 2.18. The van der Waals surface area contributed by atoms with Crippen LogP contribution in [-0.2, 0) is 4.79 Å². The molecule has 5 heteroatoms. The number of benzene rings is 2. The maximum absolute atomic E-state index is 13.6. The second-order valence-corrected chi connectivity index (χ2v) is 5.21. The first kappa shape index (κ1) is 15.8. The van der Waals surface area contributed by atoms with E-state index in [0.29, 0.717) is 11.4 Å². The fraction of sp³-hybridized carbons (Fsp3) is 0.235. The minimum absolute atomic E-state index is 0.0435. The van der Waals surface area contributed by atoms with Crippen molar-refractivity contribution in [3.05, 3.63) is 53.3 Å². The molecule has 1 atom stereocenters. The van der Waals surface area contributed by atoms with Crippen molar-refractivity contribution < 1.29 is 13.9 Å². The number of nitrogens with two attached hydrogens (primary N) is 1. The van der Waals surface area contributed by atoms with Crippen LogP contribution in [0, 0.1) is 19.7 Å². The first-order valence-electron chi connectivity index (χ1n) is 6.97. The molecule has 116 valence electrons. The van der Waals surface area contributed by atoms with Crippen LogP contribution in [0.2, 0.25) is 0 Å². The Labute approximate surface area is 129 Å². The number of rotatable bonds is 4. The van der Waals surface area contributed by atoms with E-state index >= 15 is 0 Å². The van der Waals surface area contributed by atoms with Crippen LogP contribution in [0.5, 0.6) is 5.75 Å². The molecule has 2 rings (SSSR count). The van der Waals surface area contributed by atoms with E-state index in [9.17, 15) is 9.18 Å². The van der Waals surface area contributed by atoms with Gasteiger partial charge in [0.05, 0.1) is 5.69 Å². The molecule has 4 nitrogen and oxygen atoms in total. The van der Waals surface area contributed by atoms with Gasteiger partial charge < -0.3 is 15.8 Å². The number of halogens is 1. The van der Waals surface area contributed by atoms with Gasteiger partial charge in [0, 0.05) is 5.69 Å². The SMILES string of the molecule is Cc1cccc(C)c1O[C@H](C)C(=O)Nc1cc(N)ccc1F. The number of hydrogen-bond acceptors (Lipinski definition) is 3. The smallest absolute Gasteiger partial charge is 0.265 e. The first-order chi connectivity index (χ1) is 10.4. The van der Waals surface area contributed by atoms with Crippen LogP contribution in [0.4, 0.5) is 15.8 Å². The number of nitrogen functional groups attached to an aromatic ring is 1. The highest BCUT2D eigenvalue weighted by atomic mass is 19.1. The first-order valence-corrected chi connectivity index (χ1v) is 6.97. The Balaban J connectivity index is 2.11. The van der Waals surface area contributed by atoms with Crippen molar-refractivity contribution in [1.82, 2.24) is 0 Å². The monoisotopic (exact) mass is 302 g/mol. The molecule has 0 bridgehead atoms. The minimum atomic E-state index is -0.763. The molecule has 0 unspecified atom stereocenters. The quantitative estimate of drug-likeness (QED) is 0.850. The molecule has 0 aliphatic rings. The summed E-state index contributed by atoms with van der Waals surface area (Å²) < 4.78 is 19.4. The van der Waals surface area contributed by atoms with E-state index in [2.05, 4.69) is 5.32 Å². The van der Waals surface area contributed by atoms with Gasteiger partial charge >= 0.3 is 0 Å². The maximum Gasteiger partial charge on any atom is 0.265 e. The Hall–Kier alpha value is -2.56. The molecule has 2 aromatic rings. The zero-order valence-corrected chi connectivity index (χ0v) is 12.8. The summed E-state index contributed by atoms with van der Waals surface area (Å²) in [5.41, 5.74) is 7.89. The molecule has 0 aliphatic carbocycles. The van der Waals surface area contributed by atoms with Crippen molar-refractivity contribution in [2.75, 3.05) is 11.1 Å². The lowest BCUT2D eigenvalue weighted by Gasteiger charge is -2.18. The largest absolute Gasteiger partial charge is 0.480 e. The van der Waals surface area contributed by atoms with Gasteiger partial charge in [0.25, 0.3) is 5.91 Å². The fourth-order valence-corrected chi connectivity index (χ4v) is 2.09. The number of aryl methyl sites for hydroxylation is 2. The number of ether oxygens (including phenoxy) is 1. The fourth-order valence-electron chi connectivity index (χ4n) is 2.09. The van der Waals surface area contributed by atoms with Gasteiger partial charge in [-0.1, -0.05) is 18.2 Å². The van der Waals surface area contributed by atoms with E-state index in [-0.39, 0.29) is 5.69 Å². The summed E-state index contributed by atoms with van der Waals surface area (Å²) in [6.07, 6.45) is -0.763. The van der Waals surface area contributed by atoms with Crippen molar-refractivity contribution >= 4 is 17.3 Å². The molecular weight excluding hydrogens is 283 g/mol. The molecule has 0 saturated heterocycles. The molecule has 2 aromatic carbocycles. The van der Waals surface area contributed by atoms with E-state index in [1.807, 2.05) is 32.0 Å². The third-order valence-corrected chi connectivity index (χ3v) is 3.32. The Kier molecular flexibility index (Phi) is 4.65. The summed E-state index contributed by atoms with van der Waals surface area (Å²) in [6, 6.07) is 9.75. The van der Waals surface area contributed by atoms with Gasteiger partial charge in [-0.2, -0.15) is 0 Å². The van der Waals surface area contributed by atoms with E-state index < -0.39 is 17.8 Å². The van der Waals surface area contributed by atoms with Crippen LogP contribution in [-0.4, -0.2) is 12.0 Å². The van der Waals surface area contributed by atoms with Gasteiger partial charge in [-0.3, -0.25) is 4.79 Å². The average Bonchev–Trinajstić information content (AvgIpc) is 2.46. The van der Waals surface area contributed by atoms with Crippen LogP contribution in [0.25, 0.3) is 0 Å². The van der Waals surface area contributed by atoms with Gasteiger partial charge in [-0.15, -0.1) is 0 Å². The Morgan fingerprint density at radius 1 is 1.23 bits per heavy atom. The molecule has 0 aromatic heterocycles. The van der Waals surface area contributed by atoms with Crippen molar-refractivity contribution in [3.8, 4) is 5.75 Å². The predicted molar refractivity (Wildman–Crippen MR) is 85.4 cm³/mol. The number of nitrogens with one attached hydrogen (secondary N) is 1. The lowest BCUT2D eigenvalue weighted by Crippen LogP contribution is -2.31. The molecule has 0 spiro atoms. The van der Waals surface area contributed by atoms with Gasteiger partial charge in [-0.05, 0) is 50.1 Å². The van der Waals surface area contributed by atoms with Gasteiger partial charge in [-0.25, -0.2) is 4.39 Å². The number of carbonyl (C=O) groups is 1. The second-order valence-electron chi connectivity index (χ2n) is 5.21. The molecule has 22 heavy (non-hydrogen) atoms. The third-order valence-electron chi connectivity index (χ3n) is 3.32. The van der Waals surface area contributed by atoms with E-state index in [1.54, 1.807) is 6.92 Å². The minimum Gasteiger partial charge on any atom is -0.480 e. The molecule has 0 fully saturated rings. The zero-order valence-electron chi connectivity index (χ0n) is 12.8. The number of hydrogen-bond donors (Lipinski definition) is 2. The van der Waals surface area contributed by atoms with E-state index in [0.717, 1.165) is 11.1 Å². The van der Waals surface area contributed by atoms with Crippen molar-refractivity contribution in [3.63, 3.8) is 0 Å². The van der Waals surface area contributed by atoms with Gasteiger partial charge in [0.15, 0.2) is 6.10 Å².